The molecular formula is C7H9ClN2O3S. The van der Waals surface area contributed by atoms with Gasteiger partial charge in [0.25, 0.3) is 0 Å². The van der Waals surface area contributed by atoms with Crippen LogP contribution < -0.4 is 9.32 Å². The average molecular weight is 237 g/mol. The molecular weight excluding hydrogens is 228 g/mol. The number of pyridine rings is 1. The standard InChI is InChI=1S/C7H9ClN2O3S/c1-4-3-5(2)10-7(8)6(4)13-14(9,11)12/h3H,1-2H3,(H2,9,11,12). The minimum absolute atomic E-state index is 0.0171. The van der Waals surface area contributed by atoms with Crippen LogP contribution in [0, 0.1) is 13.8 Å². The van der Waals surface area contributed by atoms with Gasteiger partial charge in [-0.1, -0.05) is 11.6 Å². The second-order valence-corrected chi connectivity index (χ2v) is 4.29. The Balaban J connectivity index is 3.22. The molecule has 0 atom stereocenters. The van der Waals surface area contributed by atoms with Crippen molar-refractivity contribution in [3.05, 3.63) is 22.5 Å². The van der Waals surface area contributed by atoms with Gasteiger partial charge in [-0.15, -0.1) is 0 Å². The van der Waals surface area contributed by atoms with Crippen LogP contribution in [0.4, 0.5) is 0 Å². The Bertz CT molecular complexity index is 435. The smallest absolute Gasteiger partial charge is 0.367 e. The number of rotatable bonds is 2. The van der Waals surface area contributed by atoms with Gasteiger partial charge < -0.3 is 4.18 Å². The lowest BCUT2D eigenvalue weighted by atomic mass is 10.2. The molecule has 0 aliphatic carbocycles. The molecule has 1 rings (SSSR count). The Labute approximate surface area is 87.1 Å². The summed E-state index contributed by atoms with van der Waals surface area (Å²) in [4.78, 5) is 3.84. The molecule has 0 bridgehead atoms. The predicted octanol–water partition coefficient (Wildman–Crippen LogP) is 0.934. The fraction of sp³-hybridized carbons (Fsp3) is 0.286. The van der Waals surface area contributed by atoms with Crippen LogP contribution >= 0.6 is 11.6 Å². The quantitative estimate of drug-likeness (QED) is 0.775. The van der Waals surface area contributed by atoms with Crippen LogP contribution in [0.15, 0.2) is 6.07 Å². The molecule has 0 spiro atoms. The largest absolute Gasteiger partial charge is 0.380 e. The number of hydrogen-bond acceptors (Lipinski definition) is 4. The first-order chi connectivity index (χ1) is 6.29. The zero-order valence-corrected chi connectivity index (χ0v) is 9.19. The van der Waals surface area contributed by atoms with E-state index in [1.807, 2.05) is 0 Å². The maximum Gasteiger partial charge on any atom is 0.380 e. The summed E-state index contributed by atoms with van der Waals surface area (Å²) in [7, 11) is -4.06. The molecule has 0 aliphatic heterocycles. The van der Waals surface area contributed by atoms with Gasteiger partial charge in [-0.25, -0.2) is 4.98 Å². The Hall–Kier alpha value is -0.850. The lowest BCUT2D eigenvalue weighted by molar-refractivity contribution is 0.484. The SMILES string of the molecule is Cc1cc(C)c(OS(N)(=O)=O)c(Cl)n1. The molecule has 0 fully saturated rings. The third-order valence-corrected chi connectivity index (χ3v) is 2.10. The molecule has 14 heavy (non-hydrogen) atoms. The van der Waals surface area contributed by atoms with Crippen LogP contribution in [-0.2, 0) is 10.3 Å². The Kier molecular flexibility index (Phi) is 2.98. The van der Waals surface area contributed by atoms with Crippen LogP contribution in [-0.4, -0.2) is 13.4 Å². The van der Waals surface area contributed by atoms with Crippen molar-refractivity contribution in [3.8, 4) is 5.75 Å². The molecule has 1 aromatic rings. The molecule has 1 aromatic heterocycles. The summed E-state index contributed by atoms with van der Waals surface area (Å²) in [6.45, 7) is 3.39. The minimum atomic E-state index is -4.06. The van der Waals surface area contributed by atoms with E-state index in [-0.39, 0.29) is 10.9 Å². The highest BCUT2D eigenvalue weighted by Gasteiger charge is 2.13. The van der Waals surface area contributed by atoms with Crippen molar-refractivity contribution in [2.24, 2.45) is 5.14 Å². The van der Waals surface area contributed by atoms with E-state index in [1.165, 1.54) is 0 Å². The topological polar surface area (TPSA) is 82.3 Å². The third-order valence-electron chi connectivity index (χ3n) is 1.44. The first-order valence-electron chi connectivity index (χ1n) is 3.65. The van der Waals surface area contributed by atoms with Gasteiger partial charge in [-0.3, -0.25) is 0 Å². The molecule has 7 heteroatoms. The molecule has 0 unspecified atom stereocenters. The summed E-state index contributed by atoms with van der Waals surface area (Å²) in [5.74, 6) is -0.0280. The molecule has 2 N–H and O–H groups in total. The lowest BCUT2D eigenvalue weighted by Crippen LogP contribution is -2.19. The first kappa shape index (κ1) is 11.2. The van der Waals surface area contributed by atoms with Crippen LogP contribution in [0.3, 0.4) is 0 Å². The fourth-order valence-electron chi connectivity index (χ4n) is 0.996. The molecule has 0 saturated heterocycles. The summed E-state index contributed by atoms with van der Waals surface area (Å²) in [6, 6.07) is 1.65. The van der Waals surface area contributed by atoms with Crippen LogP contribution in [0.2, 0.25) is 5.15 Å². The van der Waals surface area contributed by atoms with Gasteiger partial charge in [-0.2, -0.15) is 13.6 Å². The maximum absolute atomic E-state index is 10.7. The van der Waals surface area contributed by atoms with Crippen molar-refractivity contribution < 1.29 is 12.6 Å². The van der Waals surface area contributed by atoms with Crippen molar-refractivity contribution in [2.45, 2.75) is 13.8 Å². The molecule has 78 valence electrons. The van der Waals surface area contributed by atoms with Crippen molar-refractivity contribution in [1.29, 1.82) is 0 Å². The monoisotopic (exact) mass is 236 g/mol. The van der Waals surface area contributed by atoms with Crippen molar-refractivity contribution >= 4 is 21.9 Å². The Morgan fingerprint density at radius 2 is 2.07 bits per heavy atom. The second-order valence-electron chi connectivity index (χ2n) is 2.78. The molecule has 0 saturated carbocycles. The van der Waals surface area contributed by atoms with E-state index < -0.39 is 10.3 Å². The van der Waals surface area contributed by atoms with Gasteiger partial charge in [-0.05, 0) is 25.5 Å². The van der Waals surface area contributed by atoms with Gasteiger partial charge in [0.05, 0.1) is 0 Å². The average Bonchev–Trinajstić information content (AvgIpc) is 1.95. The predicted molar refractivity (Wildman–Crippen MR) is 52.5 cm³/mol. The summed E-state index contributed by atoms with van der Waals surface area (Å²) in [5.41, 5.74) is 1.24. The third kappa shape index (κ3) is 2.83. The lowest BCUT2D eigenvalue weighted by Gasteiger charge is -2.07. The number of aromatic nitrogens is 1. The van der Waals surface area contributed by atoms with Gasteiger partial charge in [0.15, 0.2) is 10.9 Å². The zero-order valence-electron chi connectivity index (χ0n) is 7.61. The highest BCUT2D eigenvalue weighted by molar-refractivity contribution is 7.84. The Morgan fingerprint density at radius 3 is 2.50 bits per heavy atom. The molecule has 5 nitrogen and oxygen atoms in total. The molecule has 0 amide bonds. The zero-order chi connectivity index (χ0) is 10.9. The molecule has 0 aliphatic rings. The number of halogens is 1. The van der Waals surface area contributed by atoms with Crippen LogP contribution in [0.1, 0.15) is 11.3 Å². The number of nitrogens with two attached hydrogens (primary N) is 1. The maximum atomic E-state index is 10.7. The van der Waals surface area contributed by atoms with Crippen molar-refractivity contribution in [1.82, 2.24) is 4.98 Å². The van der Waals surface area contributed by atoms with E-state index in [2.05, 4.69) is 9.17 Å². The van der Waals surface area contributed by atoms with Gasteiger partial charge in [0.2, 0.25) is 0 Å². The van der Waals surface area contributed by atoms with Crippen LogP contribution in [0.25, 0.3) is 0 Å². The first-order valence-corrected chi connectivity index (χ1v) is 5.50. The normalized spacial score (nSPS) is 11.4. The van der Waals surface area contributed by atoms with E-state index >= 15 is 0 Å². The van der Waals surface area contributed by atoms with E-state index in [0.717, 1.165) is 0 Å². The fourth-order valence-corrected chi connectivity index (χ4v) is 1.81. The summed E-state index contributed by atoms with van der Waals surface area (Å²) in [5, 5.41) is 4.69. The van der Waals surface area contributed by atoms with Crippen molar-refractivity contribution in [3.63, 3.8) is 0 Å². The molecule has 1 heterocycles. The Morgan fingerprint density at radius 1 is 1.50 bits per heavy atom. The van der Waals surface area contributed by atoms with Gasteiger partial charge >= 0.3 is 10.3 Å². The van der Waals surface area contributed by atoms with Crippen LogP contribution in [0.5, 0.6) is 5.75 Å². The summed E-state index contributed by atoms with van der Waals surface area (Å²) in [6.07, 6.45) is 0. The highest BCUT2D eigenvalue weighted by atomic mass is 35.5. The van der Waals surface area contributed by atoms with E-state index in [4.69, 9.17) is 16.7 Å². The summed E-state index contributed by atoms with van der Waals surface area (Å²) >= 11 is 5.68. The summed E-state index contributed by atoms with van der Waals surface area (Å²) < 4.78 is 25.8. The van der Waals surface area contributed by atoms with Crippen molar-refractivity contribution in [2.75, 3.05) is 0 Å². The highest BCUT2D eigenvalue weighted by Crippen LogP contribution is 2.27. The van der Waals surface area contributed by atoms with E-state index in [9.17, 15) is 8.42 Å². The number of nitrogens with zero attached hydrogens (tertiary/aromatic N) is 1. The van der Waals surface area contributed by atoms with E-state index in [1.54, 1.807) is 19.9 Å². The molecule has 0 radical (unpaired) electrons. The van der Waals surface area contributed by atoms with E-state index in [0.29, 0.717) is 11.3 Å². The van der Waals surface area contributed by atoms with Gasteiger partial charge in [0, 0.05) is 5.69 Å². The minimum Gasteiger partial charge on any atom is -0.367 e. The number of hydrogen-bond donors (Lipinski definition) is 1. The van der Waals surface area contributed by atoms with Gasteiger partial charge in [0.1, 0.15) is 0 Å². The molecule has 0 aromatic carbocycles. The number of aryl methyl sites for hydroxylation is 2. The second kappa shape index (κ2) is 3.72.